The number of benzene rings is 1. The molecule has 2 rings (SSSR count). The fraction of sp³-hybridized carbons (Fsp3) is 0.526. The van der Waals surface area contributed by atoms with Gasteiger partial charge in [-0.1, -0.05) is 19.9 Å². The molecule has 0 aliphatic rings. The van der Waals surface area contributed by atoms with E-state index in [1.807, 2.05) is 32.3 Å². The molecule has 0 aliphatic heterocycles. The van der Waals surface area contributed by atoms with E-state index >= 15 is 0 Å². The molecule has 0 bridgehead atoms. The minimum atomic E-state index is -3.78. The quantitative estimate of drug-likeness (QED) is 0.584. The Hall–Kier alpha value is -2.26. The van der Waals surface area contributed by atoms with Gasteiger partial charge in [-0.05, 0) is 55.9 Å². The van der Waals surface area contributed by atoms with Gasteiger partial charge in [0.15, 0.2) is 0 Å². The Kier molecular flexibility index (Phi) is 7.70. The van der Waals surface area contributed by atoms with Crippen LogP contribution in [0.3, 0.4) is 0 Å². The number of hydrogen-bond donors (Lipinski definition) is 2. The van der Waals surface area contributed by atoms with Crippen molar-refractivity contribution in [3.05, 3.63) is 42.0 Å². The highest BCUT2D eigenvalue weighted by atomic mass is 32.2. The maximum Gasteiger partial charge on any atom is 0.241 e. The summed E-state index contributed by atoms with van der Waals surface area (Å²) in [4.78, 5) is 12.7. The van der Waals surface area contributed by atoms with Gasteiger partial charge in [0.25, 0.3) is 0 Å². The van der Waals surface area contributed by atoms with Crippen LogP contribution in [0.5, 0.6) is 0 Å². The maximum absolute atomic E-state index is 12.7. The van der Waals surface area contributed by atoms with Crippen molar-refractivity contribution in [1.29, 1.82) is 0 Å². The lowest BCUT2D eigenvalue weighted by atomic mass is 10.1. The summed E-state index contributed by atoms with van der Waals surface area (Å²) in [6.45, 7) is 8.68. The number of aromatic nitrogens is 3. The zero-order valence-electron chi connectivity index (χ0n) is 16.8. The third-order valence-electron chi connectivity index (χ3n) is 4.63. The zero-order valence-corrected chi connectivity index (χ0v) is 17.7. The third-order valence-corrected chi connectivity index (χ3v) is 6.07. The van der Waals surface area contributed by atoms with Crippen molar-refractivity contribution in [3.63, 3.8) is 0 Å². The standard InChI is InChI=1S/C19H29N5O3S/c1-14(2)18(19(25)20-9-5-6-10-24-12-21-22-13-24)23-28(26,27)17-8-7-15(3)16(4)11-17/h7-8,11-14,18,23H,5-6,9-10H2,1-4H3,(H,20,25)/t18-/m0/s1. The van der Waals surface area contributed by atoms with Crippen molar-refractivity contribution < 1.29 is 13.2 Å². The fourth-order valence-electron chi connectivity index (χ4n) is 2.69. The molecule has 0 spiro atoms. The topological polar surface area (TPSA) is 106 Å². The Morgan fingerprint density at radius 1 is 1.11 bits per heavy atom. The molecular formula is C19H29N5O3S. The molecule has 1 aromatic heterocycles. The zero-order chi connectivity index (χ0) is 20.7. The van der Waals surface area contributed by atoms with Gasteiger partial charge in [-0.25, -0.2) is 8.42 Å². The van der Waals surface area contributed by atoms with Crippen molar-refractivity contribution in [2.75, 3.05) is 6.54 Å². The molecule has 1 atom stereocenters. The molecular weight excluding hydrogens is 378 g/mol. The Morgan fingerprint density at radius 3 is 2.39 bits per heavy atom. The first-order chi connectivity index (χ1) is 13.2. The highest BCUT2D eigenvalue weighted by Gasteiger charge is 2.28. The van der Waals surface area contributed by atoms with E-state index in [9.17, 15) is 13.2 Å². The number of unbranched alkanes of at least 4 members (excludes halogenated alkanes) is 1. The van der Waals surface area contributed by atoms with E-state index in [1.165, 1.54) is 0 Å². The summed E-state index contributed by atoms with van der Waals surface area (Å²) in [5.41, 5.74) is 1.91. The molecule has 0 fully saturated rings. The number of hydrogen-bond acceptors (Lipinski definition) is 5. The van der Waals surface area contributed by atoms with Gasteiger partial charge >= 0.3 is 0 Å². The Balaban J connectivity index is 1.91. The van der Waals surface area contributed by atoms with Crippen LogP contribution in [0, 0.1) is 19.8 Å². The van der Waals surface area contributed by atoms with Crippen molar-refractivity contribution in [3.8, 4) is 0 Å². The number of sulfonamides is 1. The molecule has 0 aliphatic carbocycles. The van der Waals surface area contributed by atoms with E-state index in [0.717, 1.165) is 30.5 Å². The molecule has 9 heteroatoms. The minimum absolute atomic E-state index is 0.169. The number of rotatable bonds is 10. The SMILES string of the molecule is Cc1ccc(S(=O)(=O)N[C@H](C(=O)NCCCCn2cnnc2)C(C)C)cc1C. The average Bonchev–Trinajstić information content (AvgIpc) is 3.14. The van der Waals surface area contributed by atoms with Gasteiger partial charge in [-0.2, -0.15) is 4.72 Å². The van der Waals surface area contributed by atoms with Gasteiger partial charge in [-0.3, -0.25) is 4.79 Å². The number of nitrogens with zero attached hydrogens (tertiary/aromatic N) is 3. The molecule has 0 radical (unpaired) electrons. The first-order valence-corrected chi connectivity index (χ1v) is 10.9. The summed E-state index contributed by atoms with van der Waals surface area (Å²) >= 11 is 0. The van der Waals surface area contributed by atoms with Crippen LogP contribution in [0.15, 0.2) is 35.7 Å². The smallest absolute Gasteiger partial charge is 0.241 e. The second kappa shape index (κ2) is 9.79. The Labute approximate surface area is 166 Å². The minimum Gasteiger partial charge on any atom is -0.355 e. The number of amides is 1. The number of carbonyl (C=O) groups excluding carboxylic acids is 1. The van der Waals surface area contributed by atoms with Crippen LogP contribution in [-0.4, -0.2) is 41.7 Å². The first-order valence-electron chi connectivity index (χ1n) is 9.40. The Morgan fingerprint density at radius 2 is 1.79 bits per heavy atom. The molecule has 28 heavy (non-hydrogen) atoms. The van der Waals surface area contributed by atoms with Crippen LogP contribution >= 0.6 is 0 Å². The van der Waals surface area contributed by atoms with Crippen molar-refractivity contribution in [1.82, 2.24) is 24.8 Å². The molecule has 0 saturated carbocycles. The van der Waals surface area contributed by atoms with Gasteiger partial charge in [0.05, 0.1) is 4.90 Å². The van der Waals surface area contributed by atoms with Crippen LogP contribution in [-0.2, 0) is 21.4 Å². The summed E-state index contributed by atoms with van der Waals surface area (Å²) < 4.78 is 29.9. The van der Waals surface area contributed by atoms with Gasteiger partial charge in [0, 0.05) is 13.1 Å². The fourth-order valence-corrected chi connectivity index (χ4v) is 4.12. The highest BCUT2D eigenvalue weighted by molar-refractivity contribution is 7.89. The van der Waals surface area contributed by atoms with Gasteiger partial charge in [0.1, 0.15) is 18.7 Å². The molecule has 2 aromatic rings. The largest absolute Gasteiger partial charge is 0.355 e. The van der Waals surface area contributed by atoms with Gasteiger partial charge in [-0.15, -0.1) is 10.2 Å². The molecule has 0 saturated heterocycles. The average molecular weight is 408 g/mol. The number of aryl methyl sites for hydroxylation is 3. The van der Waals surface area contributed by atoms with E-state index < -0.39 is 16.1 Å². The van der Waals surface area contributed by atoms with Crippen molar-refractivity contribution >= 4 is 15.9 Å². The summed E-state index contributed by atoms with van der Waals surface area (Å²) in [6, 6.07) is 4.12. The molecule has 2 N–H and O–H groups in total. The third kappa shape index (κ3) is 6.13. The molecule has 1 amide bonds. The second-order valence-electron chi connectivity index (χ2n) is 7.29. The van der Waals surface area contributed by atoms with Crippen LogP contribution in [0.25, 0.3) is 0 Å². The van der Waals surface area contributed by atoms with E-state index in [0.29, 0.717) is 6.54 Å². The predicted molar refractivity (Wildman–Crippen MR) is 107 cm³/mol. The van der Waals surface area contributed by atoms with E-state index in [-0.39, 0.29) is 16.7 Å². The molecule has 154 valence electrons. The lowest BCUT2D eigenvalue weighted by Crippen LogP contribution is -2.49. The lowest BCUT2D eigenvalue weighted by Gasteiger charge is -2.22. The molecule has 8 nitrogen and oxygen atoms in total. The van der Waals surface area contributed by atoms with Crippen molar-refractivity contribution in [2.24, 2.45) is 5.92 Å². The monoisotopic (exact) mass is 407 g/mol. The summed E-state index contributed by atoms with van der Waals surface area (Å²) in [5, 5.41) is 10.3. The summed E-state index contributed by atoms with van der Waals surface area (Å²) in [7, 11) is -3.78. The Bertz CT molecular complexity index is 879. The first kappa shape index (κ1) is 22.0. The number of carbonyl (C=O) groups is 1. The predicted octanol–water partition coefficient (Wildman–Crippen LogP) is 1.79. The van der Waals surface area contributed by atoms with Gasteiger partial charge in [0.2, 0.25) is 15.9 Å². The number of nitrogens with one attached hydrogen (secondary N) is 2. The van der Waals surface area contributed by atoms with Crippen LogP contribution in [0.2, 0.25) is 0 Å². The van der Waals surface area contributed by atoms with E-state index in [4.69, 9.17) is 0 Å². The summed E-state index contributed by atoms with van der Waals surface area (Å²) in [6.07, 6.45) is 4.93. The highest BCUT2D eigenvalue weighted by Crippen LogP contribution is 2.16. The van der Waals surface area contributed by atoms with Crippen molar-refractivity contribution in [2.45, 2.75) is 58.0 Å². The molecule has 1 heterocycles. The van der Waals surface area contributed by atoms with E-state index in [2.05, 4.69) is 20.2 Å². The van der Waals surface area contributed by atoms with Gasteiger partial charge < -0.3 is 9.88 Å². The summed E-state index contributed by atoms with van der Waals surface area (Å²) in [5.74, 6) is -0.495. The van der Waals surface area contributed by atoms with E-state index in [1.54, 1.807) is 30.9 Å². The molecule has 1 aromatic carbocycles. The lowest BCUT2D eigenvalue weighted by molar-refractivity contribution is -0.123. The second-order valence-corrected chi connectivity index (χ2v) is 9.00. The normalized spacial score (nSPS) is 12.9. The maximum atomic E-state index is 12.7. The van der Waals surface area contributed by atoms with Crippen LogP contribution < -0.4 is 10.0 Å². The molecule has 0 unspecified atom stereocenters. The van der Waals surface area contributed by atoms with Crippen LogP contribution in [0.4, 0.5) is 0 Å². The van der Waals surface area contributed by atoms with Crippen LogP contribution in [0.1, 0.15) is 37.8 Å².